The summed E-state index contributed by atoms with van der Waals surface area (Å²) in [6, 6.07) is 0. The van der Waals surface area contributed by atoms with Crippen molar-refractivity contribution >= 4 is 31.5 Å². The quantitative estimate of drug-likeness (QED) is 0.540. The second kappa shape index (κ2) is 5.20. The van der Waals surface area contributed by atoms with E-state index in [1.54, 1.807) is 0 Å². The second-order valence-corrected chi connectivity index (χ2v) is 11.3. The van der Waals surface area contributed by atoms with Crippen molar-refractivity contribution in [3.8, 4) is 0 Å². The van der Waals surface area contributed by atoms with Gasteiger partial charge in [-0.05, 0) is 25.1 Å². The summed E-state index contributed by atoms with van der Waals surface area (Å²) in [7, 11) is -1.66. The molecule has 0 aliphatic carbocycles. The predicted octanol–water partition coefficient (Wildman–Crippen LogP) is 4.24. The summed E-state index contributed by atoms with van der Waals surface area (Å²) >= 11 is 11.9. The molecule has 0 aliphatic rings. The fourth-order valence-electron chi connectivity index (χ4n) is 0.637. The molecular weight excluding hydrogens is 235 g/mol. The molecule has 86 valence electrons. The van der Waals surface area contributed by atoms with Crippen LogP contribution in [0.15, 0.2) is 0 Å². The highest BCUT2D eigenvalue weighted by Crippen LogP contribution is 2.36. The zero-order valence-electron chi connectivity index (χ0n) is 10.0. The first-order valence-electron chi connectivity index (χ1n) is 5.00. The van der Waals surface area contributed by atoms with E-state index in [1.165, 1.54) is 0 Å². The Labute approximate surface area is 99.2 Å². The Balaban J connectivity index is 4.13. The van der Waals surface area contributed by atoms with Gasteiger partial charge in [-0.25, -0.2) is 0 Å². The molecule has 0 N–H and O–H groups in total. The second-order valence-electron chi connectivity index (χ2n) is 5.26. The van der Waals surface area contributed by atoms with E-state index >= 15 is 0 Å². The number of halogens is 2. The Hall–Kier alpha value is 0.757. The lowest BCUT2D eigenvalue weighted by atomic mass is 10.2. The van der Waals surface area contributed by atoms with Crippen LogP contribution in [0.4, 0.5) is 0 Å². The highest BCUT2D eigenvalue weighted by molar-refractivity contribution is 6.74. The van der Waals surface area contributed by atoms with Gasteiger partial charge in [0.2, 0.25) is 0 Å². The monoisotopic (exact) mass is 256 g/mol. The van der Waals surface area contributed by atoms with Gasteiger partial charge in [-0.2, -0.15) is 0 Å². The van der Waals surface area contributed by atoms with Crippen LogP contribution < -0.4 is 0 Å². The minimum atomic E-state index is -1.66. The maximum Gasteiger partial charge on any atom is 0.192 e. The molecule has 0 spiro atoms. The van der Waals surface area contributed by atoms with Crippen LogP contribution in [0.5, 0.6) is 0 Å². The van der Waals surface area contributed by atoms with E-state index in [4.69, 9.17) is 27.6 Å². The van der Waals surface area contributed by atoms with Crippen LogP contribution >= 0.6 is 23.2 Å². The van der Waals surface area contributed by atoms with E-state index in [9.17, 15) is 0 Å². The van der Waals surface area contributed by atoms with E-state index in [0.29, 0.717) is 6.61 Å². The molecule has 0 aromatic heterocycles. The Morgan fingerprint density at radius 3 is 1.93 bits per heavy atom. The van der Waals surface area contributed by atoms with Gasteiger partial charge in [-0.3, -0.25) is 0 Å². The van der Waals surface area contributed by atoms with Crippen LogP contribution in [0.3, 0.4) is 0 Å². The fraction of sp³-hybridized carbons (Fsp3) is 1.00. The Bertz CT molecular complexity index is 175. The molecule has 0 heterocycles. The maximum absolute atomic E-state index is 6.04. The Morgan fingerprint density at radius 1 is 1.21 bits per heavy atom. The molecule has 0 fully saturated rings. The zero-order valence-corrected chi connectivity index (χ0v) is 12.5. The van der Waals surface area contributed by atoms with Gasteiger partial charge in [-0.15, -0.1) is 23.2 Å². The van der Waals surface area contributed by atoms with Gasteiger partial charge in [0, 0.05) is 5.38 Å². The molecule has 0 aromatic rings. The van der Waals surface area contributed by atoms with Crippen LogP contribution in [0, 0.1) is 0 Å². The number of hydrogen-bond acceptors (Lipinski definition) is 1. The molecule has 1 nitrogen and oxygen atoms in total. The lowest BCUT2D eigenvalue weighted by Crippen LogP contribution is -2.42. The molecule has 2 atom stereocenters. The summed E-state index contributed by atoms with van der Waals surface area (Å²) in [6.45, 7) is 13.5. The third kappa shape index (κ3) is 4.52. The SMILES string of the molecule is C[C@@H](Cl)[C@@H](Cl)CO[Si](C)(C)C(C)(C)C. The van der Waals surface area contributed by atoms with Crippen LogP contribution in [0.2, 0.25) is 18.1 Å². The van der Waals surface area contributed by atoms with Gasteiger partial charge in [0.05, 0.1) is 12.0 Å². The molecule has 14 heavy (non-hydrogen) atoms. The van der Waals surface area contributed by atoms with Crippen molar-refractivity contribution < 1.29 is 4.43 Å². The van der Waals surface area contributed by atoms with E-state index in [1.807, 2.05) is 6.92 Å². The van der Waals surface area contributed by atoms with Gasteiger partial charge >= 0.3 is 0 Å². The van der Waals surface area contributed by atoms with Crippen molar-refractivity contribution in [3.05, 3.63) is 0 Å². The minimum Gasteiger partial charge on any atom is -0.415 e. The topological polar surface area (TPSA) is 9.23 Å². The number of hydrogen-bond donors (Lipinski definition) is 0. The van der Waals surface area contributed by atoms with Crippen LogP contribution in [0.1, 0.15) is 27.7 Å². The molecule has 4 heteroatoms. The van der Waals surface area contributed by atoms with Gasteiger partial charge in [0.25, 0.3) is 0 Å². The lowest BCUT2D eigenvalue weighted by Gasteiger charge is -2.36. The summed E-state index contributed by atoms with van der Waals surface area (Å²) in [5, 5.41) is 0.103. The van der Waals surface area contributed by atoms with Crippen molar-refractivity contribution in [1.29, 1.82) is 0 Å². The largest absolute Gasteiger partial charge is 0.415 e. The van der Waals surface area contributed by atoms with Gasteiger partial charge in [-0.1, -0.05) is 20.8 Å². The van der Waals surface area contributed by atoms with E-state index in [0.717, 1.165) is 0 Å². The normalized spacial score (nSPS) is 18.0. The van der Waals surface area contributed by atoms with Gasteiger partial charge < -0.3 is 4.43 Å². The molecular formula is C10H22Cl2OSi. The Morgan fingerprint density at radius 2 is 1.64 bits per heavy atom. The third-order valence-electron chi connectivity index (χ3n) is 2.91. The van der Waals surface area contributed by atoms with Gasteiger partial charge in [0.1, 0.15) is 0 Å². The van der Waals surface area contributed by atoms with Crippen molar-refractivity contribution in [3.63, 3.8) is 0 Å². The molecule has 0 saturated heterocycles. The first-order chi connectivity index (χ1) is 6.08. The van der Waals surface area contributed by atoms with Crippen molar-refractivity contribution in [2.75, 3.05) is 6.61 Å². The summed E-state index contributed by atoms with van der Waals surface area (Å²) in [5.41, 5.74) is 0. The van der Waals surface area contributed by atoms with E-state index in [2.05, 4.69) is 33.9 Å². The minimum absolute atomic E-state index is 0.0403. The van der Waals surface area contributed by atoms with Crippen LogP contribution in [-0.4, -0.2) is 25.7 Å². The third-order valence-corrected chi connectivity index (χ3v) is 8.35. The van der Waals surface area contributed by atoms with Crippen LogP contribution in [-0.2, 0) is 4.43 Å². The maximum atomic E-state index is 6.04. The Kier molecular flexibility index (Phi) is 5.48. The van der Waals surface area contributed by atoms with Crippen molar-refractivity contribution in [1.82, 2.24) is 0 Å². The number of alkyl halides is 2. The fourth-order valence-corrected chi connectivity index (χ4v) is 1.91. The smallest absolute Gasteiger partial charge is 0.192 e. The molecule has 0 rings (SSSR count). The van der Waals surface area contributed by atoms with Gasteiger partial charge in [0.15, 0.2) is 8.32 Å². The average molecular weight is 257 g/mol. The molecule has 0 aromatic carbocycles. The predicted molar refractivity (Wildman–Crippen MR) is 68.1 cm³/mol. The lowest BCUT2D eigenvalue weighted by molar-refractivity contribution is 0.285. The molecule has 0 amide bonds. The average Bonchev–Trinajstić information content (AvgIpc) is 1.97. The molecule has 0 aliphatic heterocycles. The van der Waals surface area contributed by atoms with E-state index in [-0.39, 0.29) is 15.8 Å². The molecule has 0 bridgehead atoms. The summed E-state index contributed by atoms with van der Waals surface area (Å²) in [4.78, 5) is 0. The number of rotatable bonds is 4. The van der Waals surface area contributed by atoms with Crippen molar-refractivity contribution in [2.24, 2.45) is 0 Å². The molecule has 0 radical (unpaired) electrons. The standard InChI is InChI=1S/C10H22Cl2OSi/c1-8(11)9(12)7-13-14(5,6)10(2,3)4/h8-9H,7H2,1-6H3/t8-,9+/m1/s1. The highest BCUT2D eigenvalue weighted by Gasteiger charge is 2.37. The van der Waals surface area contributed by atoms with Crippen molar-refractivity contribution in [2.45, 2.75) is 56.6 Å². The van der Waals surface area contributed by atoms with Crippen LogP contribution in [0.25, 0.3) is 0 Å². The summed E-state index contributed by atoms with van der Waals surface area (Å²) in [5.74, 6) is 0. The first-order valence-corrected chi connectivity index (χ1v) is 8.78. The molecule has 0 unspecified atom stereocenters. The molecule has 0 saturated carbocycles. The zero-order chi connectivity index (χ0) is 11.6. The summed E-state index contributed by atoms with van der Waals surface area (Å²) < 4.78 is 5.94. The summed E-state index contributed by atoms with van der Waals surface area (Å²) in [6.07, 6.45) is 0. The first kappa shape index (κ1) is 14.8. The highest BCUT2D eigenvalue weighted by atomic mass is 35.5. The van der Waals surface area contributed by atoms with E-state index < -0.39 is 8.32 Å².